The summed E-state index contributed by atoms with van der Waals surface area (Å²) in [6.07, 6.45) is 1.29. The molecule has 0 bridgehead atoms. The van der Waals surface area contributed by atoms with Crippen LogP contribution < -0.4 is 15.4 Å². The van der Waals surface area contributed by atoms with Gasteiger partial charge in [-0.15, -0.1) is 0 Å². The molecule has 1 aromatic carbocycles. The van der Waals surface area contributed by atoms with Crippen LogP contribution in [0.2, 0.25) is 0 Å². The first-order valence-electron chi connectivity index (χ1n) is 6.92. The SMILES string of the molecule is COc1cccc(N2CCCOC(C)C2)c1[C@H](C)N. The summed E-state index contributed by atoms with van der Waals surface area (Å²) in [4.78, 5) is 2.36. The zero-order valence-corrected chi connectivity index (χ0v) is 12.1. The fourth-order valence-corrected chi connectivity index (χ4v) is 2.66. The standard InChI is InChI=1S/C15H24N2O2/c1-11-10-17(8-5-9-19-11)13-6-4-7-14(18-3)15(13)12(2)16/h4,6-7,11-12H,5,8-10,16H2,1-3H3/t11?,12-/m0/s1. The van der Waals surface area contributed by atoms with Crippen LogP contribution in [0.4, 0.5) is 5.69 Å². The average molecular weight is 264 g/mol. The molecule has 0 aromatic heterocycles. The van der Waals surface area contributed by atoms with Gasteiger partial charge in [0.15, 0.2) is 0 Å². The van der Waals surface area contributed by atoms with Gasteiger partial charge in [0.2, 0.25) is 0 Å². The molecule has 1 fully saturated rings. The first-order chi connectivity index (χ1) is 9.13. The molecule has 19 heavy (non-hydrogen) atoms. The molecule has 1 heterocycles. The summed E-state index contributed by atoms with van der Waals surface area (Å²) in [7, 11) is 1.69. The lowest BCUT2D eigenvalue weighted by Crippen LogP contribution is -2.31. The summed E-state index contributed by atoms with van der Waals surface area (Å²) >= 11 is 0. The minimum atomic E-state index is -0.0503. The summed E-state index contributed by atoms with van der Waals surface area (Å²) in [5.41, 5.74) is 8.39. The molecular formula is C15H24N2O2. The van der Waals surface area contributed by atoms with E-state index < -0.39 is 0 Å². The highest BCUT2D eigenvalue weighted by atomic mass is 16.5. The highest BCUT2D eigenvalue weighted by molar-refractivity contribution is 5.61. The molecule has 0 amide bonds. The number of anilines is 1. The van der Waals surface area contributed by atoms with Crippen molar-refractivity contribution in [3.63, 3.8) is 0 Å². The van der Waals surface area contributed by atoms with Gasteiger partial charge in [-0.3, -0.25) is 0 Å². The molecule has 1 aromatic rings. The first kappa shape index (κ1) is 14.2. The number of nitrogens with zero attached hydrogens (tertiary/aromatic N) is 1. The van der Waals surface area contributed by atoms with E-state index in [2.05, 4.69) is 17.9 Å². The molecular weight excluding hydrogens is 240 g/mol. The van der Waals surface area contributed by atoms with E-state index in [-0.39, 0.29) is 12.1 Å². The maximum Gasteiger partial charge on any atom is 0.125 e. The van der Waals surface area contributed by atoms with Crippen LogP contribution in [0.15, 0.2) is 18.2 Å². The Morgan fingerprint density at radius 3 is 2.95 bits per heavy atom. The number of hydrogen-bond acceptors (Lipinski definition) is 4. The molecule has 1 aliphatic heterocycles. The molecule has 0 spiro atoms. The summed E-state index contributed by atoms with van der Waals surface area (Å²) in [5.74, 6) is 0.866. The van der Waals surface area contributed by atoms with Gasteiger partial charge in [0.05, 0.1) is 13.2 Å². The molecule has 2 atom stereocenters. The number of rotatable bonds is 3. The molecule has 4 nitrogen and oxygen atoms in total. The number of methoxy groups -OCH3 is 1. The van der Waals surface area contributed by atoms with Gasteiger partial charge in [-0.05, 0) is 32.4 Å². The minimum absolute atomic E-state index is 0.0503. The molecule has 1 saturated heterocycles. The van der Waals surface area contributed by atoms with Gasteiger partial charge in [0, 0.05) is 37.0 Å². The second-order valence-corrected chi connectivity index (χ2v) is 5.16. The lowest BCUT2D eigenvalue weighted by atomic mass is 10.0. The predicted octanol–water partition coefficient (Wildman–Crippen LogP) is 2.33. The number of benzene rings is 1. The summed E-state index contributed by atoms with van der Waals surface area (Å²) in [6.45, 7) is 6.84. The Bertz CT molecular complexity index is 421. The van der Waals surface area contributed by atoms with Gasteiger partial charge in [-0.1, -0.05) is 6.07 Å². The van der Waals surface area contributed by atoms with Gasteiger partial charge >= 0.3 is 0 Å². The van der Waals surface area contributed by atoms with Crippen LogP contribution in [0, 0.1) is 0 Å². The van der Waals surface area contributed by atoms with E-state index in [1.54, 1.807) is 7.11 Å². The van der Waals surface area contributed by atoms with Crippen molar-refractivity contribution in [1.29, 1.82) is 0 Å². The van der Waals surface area contributed by atoms with Crippen LogP contribution in [0.5, 0.6) is 5.75 Å². The quantitative estimate of drug-likeness (QED) is 0.910. The van der Waals surface area contributed by atoms with Crippen molar-refractivity contribution in [3.8, 4) is 5.75 Å². The lowest BCUT2D eigenvalue weighted by molar-refractivity contribution is 0.0820. The van der Waals surface area contributed by atoms with Crippen LogP contribution in [0.3, 0.4) is 0 Å². The Kier molecular flexibility index (Phi) is 4.66. The highest BCUT2D eigenvalue weighted by Crippen LogP contribution is 2.34. The highest BCUT2D eigenvalue weighted by Gasteiger charge is 2.21. The van der Waals surface area contributed by atoms with E-state index >= 15 is 0 Å². The van der Waals surface area contributed by atoms with Crippen molar-refractivity contribution >= 4 is 5.69 Å². The summed E-state index contributed by atoms with van der Waals surface area (Å²) < 4.78 is 11.2. The second kappa shape index (κ2) is 6.26. The average Bonchev–Trinajstić information content (AvgIpc) is 2.62. The van der Waals surface area contributed by atoms with E-state index in [4.69, 9.17) is 15.2 Å². The Morgan fingerprint density at radius 1 is 1.47 bits per heavy atom. The monoisotopic (exact) mass is 264 g/mol. The predicted molar refractivity (Wildman–Crippen MR) is 77.8 cm³/mol. The fourth-order valence-electron chi connectivity index (χ4n) is 2.66. The van der Waals surface area contributed by atoms with E-state index in [1.165, 1.54) is 5.69 Å². The first-order valence-corrected chi connectivity index (χ1v) is 6.92. The van der Waals surface area contributed by atoms with Gasteiger partial charge < -0.3 is 20.1 Å². The van der Waals surface area contributed by atoms with Crippen molar-refractivity contribution in [3.05, 3.63) is 23.8 Å². The Morgan fingerprint density at radius 2 is 2.26 bits per heavy atom. The van der Waals surface area contributed by atoms with Crippen molar-refractivity contribution in [2.24, 2.45) is 5.73 Å². The summed E-state index contributed by atoms with van der Waals surface area (Å²) in [6, 6.07) is 6.07. The molecule has 0 radical (unpaired) electrons. The Balaban J connectivity index is 2.37. The molecule has 0 aliphatic carbocycles. The second-order valence-electron chi connectivity index (χ2n) is 5.16. The van der Waals surface area contributed by atoms with Crippen LogP contribution in [-0.2, 0) is 4.74 Å². The van der Waals surface area contributed by atoms with Crippen LogP contribution in [0.1, 0.15) is 31.9 Å². The Hall–Kier alpha value is -1.26. The van der Waals surface area contributed by atoms with Crippen molar-refractivity contribution in [2.75, 3.05) is 31.7 Å². The maximum atomic E-state index is 6.13. The van der Waals surface area contributed by atoms with Crippen LogP contribution >= 0.6 is 0 Å². The van der Waals surface area contributed by atoms with E-state index in [0.29, 0.717) is 0 Å². The van der Waals surface area contributed by atoms with Gasteiger partial charge in [-0.25, -0.2) is 0 Å². The van der Waals surface area contributed by atoms with Gasteiger partial charge in [0.25, 0.3) is 0 Å². The lowest BCUT2D eigenvalue weighted by Gasteiger charge is -2.28. The molecule has 106 valence electrons. The minimum Gasteiger partial charge on any atom is -0.496 e. The molecule has 4 heteroatoms. The fraction of sp³-hybridized carbons (Fsp3) is 0.600. The third-order valence-electron chi connectivity index (χ3n) is 3.51. The van der Waals surface area contributed by atoms with Crippen molar-refractivity contribution < 1.29 is 9.47 Å². The molecule has 0 saturated carbocycles. The normalized spacial score (nSPS) is 21.9. The van der Waals surface area contributed by atoms with Crippen molar-refractivity contribution in [2.45, 2.75) is 32.4 Å². The Labute approximate surface area is 115 Å². The largest absolute Gasteiger partial charge is 0.496 e. The zero-order valence-electron chi connectivity index (χ0n) is 12.1. The number of hydrogen-bond donors (Lipinski definition) is 1. The van der Waals surface area contributed by atoms with Crippen LogP contribution in [0.25, 0.3) is 0 Å². The molecule has 1 unspecified atom stereocenters. The zero-order chi connectivity index (χ0) is 13.8. The number of ether oxygens (including phenoxy) is 2. The molecule has 1 aliphatic rings. The van der Waals surface area contributed by atoms with E-state index in [0.717, 1.165) is 37.4 Å². The van der Waals surface area contributed by atoms with E-state index in [9.17, 15) is 0 Å². The van der Waals surface area contributed by atoms with E-state index in [1.807, 2.05) is 19.1 Å². The maximum absolute atomic E-state index is 6.13. The topological polar surface area (TPSA) is 47.7 Å². The number of nitrogens with two attached hydrogens (primary N) is 1. The molecule has 2 N–H and O–H groups in total. The third kappa shape index (κ3) is 3.19. The molecule has 2 rings (SSSR count). The van der Waals surface area contributed by atoms with Crippen LogP contribution in [-0.4, -0.2) is 32.9 Å². The van der Waals surface area contributed by atoms with Crippen molar-refractivity contribution in [1.82, 2.24) is 0 Å². The third-order valence-corrected chi connectivity index (χ3v) is 3.51. The van der Waals surface area contributed by atoms with Gasteiger partial charge in [-0.2, -0.15) is 0 Å². The summed E-state index contributed by atoms with van der Waals surface area (Å²) in [5, 5.41) is 0. The van der Waals surface area contributed by atoms with Gasteiger partial charge in [0.1, 0.15) is 5.75 Å². The smallest absolute Gasteiger partial charge is 0.125 e.